The monoisotopic (exact) mass is 248 g/mol. The zero-order valence-corrected chi connectivity index (χ0v) is 13.2. The zero-order valence-electron chi connectivity index (χ0n) is 13.2. The van der Waals surface area contributed by atoms with Gasteiger partial charge in [-0.3, -0.25) is 0 Å². The summed E-state index contributed by atoms with van der Waals surface area (Å²) in [4.78, 5) is 0. The van der Waals surface area contributed by atoms with Crippen molar-refractivity contribution >= 4 is 0 Å². The van der Waals surface area contributed by atoms with E-state index in [0.717, 1.165) is 5.56 Å². The molecule has 1 aromatic rings. The Bertz CT molecular complexity index is 396. The van der Waals surface area contributed by atoms with E-state index in [-0.39, 0.29) is 10.8 Å². The van der Waals surface area contributed by atoms with Crippen LogP contribution in [0.15, 0.2) is 18.2 Å². The van der Waals surface area contributed by atoms with E-state index in [4.69, 9.17) is 0 Å². The van der Waals surface area contributed by atoms with E-state index in [1.54, 1.807) is 0 Å². The Morgan fingerprint density at radius 3 is 1.33 bits per heavy atom. The molecule has 0 spiro atoms. The molecule has 0 saturated carbocycles. The van der Waals surface area contributed by atoms with Crippen molar-refractivity contribution in [1.29, 1.82) is 0 Å². The third-order valence-electron chi connectivity index (χ3n) is 3.81. The number of hydrogen-bond donors (Lipinski definition) is 1. The van der Waals surface area contributed by atoms with Gasteiger partial charge in [-0.15, -0.1) is 0 Å². The Labute approximate surface area is 112 Å². The standard InChI is InChI=1S/C17H28O/c1-12-9-13(2)11-14(10-12)17(18,15(3,4)5)16(6,7)8/h9-11,18H,1-8H3. The number of benzene rings is 1. The molecule has 0 atom stereocenters. The molecule has 1 heteroatoms. The first-order chi connectivity index (χ1) is 7.89. The van der Waals surface area contributed by atoms with Gasteiger partial charge in [-0.2, -0.15) is 0 Å². The van der Waals surface area contributed by atoms with Gasteiger partial charge in [0.1, 0.15) is 0 Å². The van der Waals surface area contributed by atoms with Crippen molar-refractivity contribution in [3.8, 4) is 0 Å². The molecule has 0 aliphatic heterocycles. The molecule has 1 aromatic carbocycles. The fraction of sp³-hybridized carbons (Fsp3) is 0.647. The van der Waals surface area contributed by atoms with Crippen LogP contribution in [0.3, 0.4) is 0 Å². The summed E-state index contributed by atoms with van der Waals surface area (Å²) in [6, 6.07) is 6.38. The van der Waals surface area contributed by atoms with E-state index in [1.165, 1.54) is 11.1 Å². The summed E-state index contributed by atoms with van der Waals surface area (Å²) in [7, 11) is 0. The maximum absolute atomic E-state index is 11.4. The fourth-order valence-electron chi connectivity index (χ4n) is 3.17. The predicted octanol–water partition coefficient (Wildman–Crippen LogP) is 4.58. The van der Waals surface area contributed by atoms with E-state index in [9.17, 15) is 5.11 Å². The van der Waals surface area contributed by atoms with Crippen LogP contribution in [0.25, 0.3) is 0 Å². The van der Waals surface area contributed by atoms with E-state index in [1.807, 2.05) is 0 Å². The van der Waals surface area contributed by atoms with Gasteiger partial charge in [0.2, 0.25) is 0 Å². The van der Waals surface area contributed by atoms with Gasteiger partial charge in [-0.25, -0.2) is 0 Å². The number of aliphatic hydroxyl groups is 1. The van der Waals surface area contributed by atoms with Crippen molar-refractivity contribution in [2.45, 2.75) is 61.0 Å². The average Bonchev–Trinajstić information content (AvgIpc) is 2.11. The van der Waals surface area contributed by atoms with Crippen molar-refractivity contribution in [1.82, 2.24) is 0 Å². The highest BCUT2D eigenvalue weighted by Crippen LogP contribution is 2.51. The van der Waals surface area contributed by atoms with Gasteiger partial charge in [0, 0.05) is 0 Å². The minimum atomic E-state index is -0.850. The van der Waals surface area contributed by atoms with Gasteiger partial charge < -0.3 is 5.11 Å². The molecule has 18 heavy (non-hydrogen) atoms. The van der Waals surface area contributed by atoms with Crippen LogP contribution >= 0.6 is 0 Å². The lowest BCUT2D eigenvalue weighted by Gasteiger charge is -2.50. The van der Waals surface area contributed by atoms with Crippen LogP contribution in [-0.4, -0.2) is 5.11 Å². The normalized spacial score (nSPS) is 13.8. The van der Waals surface area contributed by atoms with Crippen molar-refractivity contribution in [2.75, 3.05) is 0 Å². The molecule has 0 saturated heterocycles. The Morgan fingerprint density at radius 2 is 1.06 bits per heavy atom. The fourth-order valence-corrected chi connectivity index (χ4v) is 3.17. The SMILES string of the molecule is Cc1cc(C)cc(C(O)(C(C)(C)C)C(C)(C)C)c1. The molecule has 0 aromatic heterocycles. The Balaban J connectivity index is 3.55. The molecular formula is C17H28O. The maximum Gasteiger partial charge on any atom is 0.0992 e. The topological polar surface area (TPSA) is 20.2 Å². The summed E-state index contributed by atoms with van der Waals surface area (Å²) >= 11 is 0. The predicted molar refractivity (Wildman–Crippen MR) is 78.7 cm³/mol. The number of hydrogen-bond acceptors (Lipinski definition) is 1. The second kappa shape index (κ2) is 4.38. The molecule has 0 fully saturated rings. The summed E-state index contributed by atoms with van der Waals surface area (Å²) in [5.74, 6) is 0. The molecule has 0 bridgehead atoms. The third-order valence-corrected chi connectivity index (χ3v) is 3.81. The highest BCUT2D eigenvalue weighted by molar-refractivity contribution is 5.35. The molecule has 0 aliphatic carbocycles. The molecule has 1 rings (SSSR count). The van der Waals surface area contributed by atoms with E-state index in [0.29, 0.717) is 0 Å². The highest BCUT2D eigenvalue weighted by atomic mass is 16.3. The third kappa shape index (κ3) is 2.47. The Morgan fingerprint density at radius 1 is 0.722 bits per heavy atom. The van der Waals surface area contributed by atoms with E-state index in [2.05, 4.69) is 73.6 Å². The van der Waals surface area contributed by atoms with Crippen LogP contribution in [0.4, 0.5) is 0 Å². The molecule has 0 unspecified atom stereocenters. The van der Waals surface area contributed by atoms with Gasteiger partial charge in [-0.05, 0) is 30.2 Å². The van der Waals surface area contributed by atoms with Crippen LogP contribution in [0.5, 0.6) is 0 Å². The van der Waals surface area contributed by atoms with Gasteiger partial charge in [-0.1, -0.05) is 70.9 Å². The maximum atomic E-state index is 11.4. The van der Waals surface area contributed by atoms with Gasteiger partial charge in [0.05, 0.1) is 5.60 Å². The van der Waals surface area contributed by atoms with Gasteiger partial charge >= 0.3 is 0 Å². The summed E-state index contributed by atoms with van der Waals surface area (Å²) in [5.41, 5.74) is 2.15. The lowest BCUT2D eigenvalue weighted by molar-refractivity contribution is -0.145. The average molecular weight is 248 g/mol. The Hall–Kier alpha value is -0.820. The summed E-state index contributed by atoms with van der Waals surface area (Å²) in [6.07, 6.45) is 0. The van der Waals surface area contributed by atoms with Crippen molar-refractivity contribution < 1.29 is 5.11 Å². The quantitative estimate of drug-likeness (QED) is 0.771. The first kappa shape index (κ1) is 15.2. The lowest BCUT2D eigenvalue weighted by Crippen LogP contribution is -2.50. The summed E-state index contributed by atoms with van der Waals surface area (Å²) < 4.78 is 0. The first-order valence-corrected chi connectivity index (χ1v) is 6.71. The molecule has 1 nitrogen and oxygen atoms in total. The van der Waals surface area contributed by atoms with E-state index >= 15 is 0 Å². The largest absolute Gasteiger partial charge is 0.384 e. The summed E-state index contributed by atoms with van der Waals surface area (Å²) in [6.45, 7) is 16.8. The van der Waals surface area contributed by atoms with Crippen LogP contribution < -0.4 is 0 Å². The van der Waals surface area contributed by atoms with Crippen LogP contribution in [0, 0.1) is 24.7 Å². The van der Waals surface area contributed by atoms with Crippen molar-refractivity contribution in [2.24, 2.45) is 10.8 Å². The van der Waals surface area contributed by atoms with Gasteiger partial charge in [0.15, 0.2) is 0 Å². The van der Waals surface area contributed by atoms with E-state index < -0.39 is 5.60 Å². The van der Waals surface area contributed by atoms with Crippen molar-refractivity contribution in [3.63, 3.8) is 0 Å². The molecule has 1 N–H and O–H groups in total. The number of aryl methyl sites for hydroxylation is 2. The smallest absolute Gasteiger partial charge is 0.0992 e. The molecule has 0 aliphatic rings. The Kier molecular flexibility index (Phi) is 3.71. The highest BCUT2D eigenvalue weighted by Gasteiger charge is 2.50. The molecule has 0 radical (unpaired) electrons. The van der Waals surface area contributed by atoms with Crippen LogP contribution in [0.1, 0.15) is 58.2 Å². The minimum Gasteiger partial charge on any atom is -0.384 e. The minimum absolute atomic E-state index is 0.217. The molecule has 0 amide bonds. The van der Waals surface area contributed by atoms with Crippen LogP contribution in [0.2, 0.25) is 0 Å². The molecule has 102 valence electrons. The second-order valence-corrected chi connectivity index (χ2v) is 7.59. The van der Waals surface area contributed by atoms with Gasteiger partial charge in [0.25, 0.3) is 0 Å². The summed E-state index contributed by atoms with van der Waals surface area (Å²) in [5, 5.41) is 11.4. The molecular weight excluding hydrogens is 220 g/mol. The zero-order chi connectivity index (χ0) is 14.4. The lowest BCUT2D eigenvalue weighted by atomic mass is 9.59. The second-order valence-electron chi connectivity index (χ2n) is 7.59. The van der Waals surface area contributed by atoms with Crippen LogP contribution in [-0.2, 0) is 5.60 Å². The van der Waals surface area contributed by atoms with Crippen molar-refractivity contribution in [3.05, 3.63) is 34.9 Å². The number of rotatable bonds is 1. The molecule has 0 heterocycles. The first-order valence-electron chi connectivity index (χ1n) is 6.71.